The van der Waals surface area contributed by atoms with Gasteiger partial charge in [-0.25, -0.2) is 4.79 Å². The first kappa shape index (κ1) is 27.9. The summed E-state index contributed by atoms with van der Waals surface area (Å²) in [6, 6.07) is 3.91. The summed E-state index contributed by atoms with van der Waals surface area (Å²) in [6.45, 7) is 5.96. The fourth-order valence-electron chi connectivity index (χ4n) is 6.32. The Morgan fingerprint density at radius 2 is 1.51 bits per heavy atom. The standard InChI is InChI=1S/C31H50N2O4/c1-3-5-7-14-20-33(21-15-8-6-4-2)30(34)35-29(24-16-10-11-17-24)25-22-27-28(23-26(25)32)37-31(36-27)18-12-9-13-19-31/h22-24,29H,3-21,32H2,1-2H3. The van der Waals surface area contributed by atoms with Gasteiger partial charge in [-0.1, -0.05) is 71.6 Å². The molecule has 2 aliphatic carbocycles. The Morgan fingerprint density at radius 3 is 2.11 bits per heavy atom. The number of nitrogens with two attached hydrogens (primary N) is 1. The number of hydrogen-bond acceptors (Lipinski definition) is 5. The number of nitrogens with zero attached hydrogens (tertiary/aromatic N) is 1. The zero-order valence-electron chi connectivity index (χ0n) is 23.4. The second-order valence-corrected chi connectivity index (χ2v) is 11.6. The number of unbranched alkanes of at least 4 members (excludes halogenated alkanes) is 6. The van der Waals surface area contributed by atoms with Crippen LogP contribution in [0.2, 0.25) is 0 Å². The first-order valence-electron chi connectivity index (χ1n) is 15.3. The molecule has 0 saturated heterocycles. The van der Waals surface area contributed by atoms with Crippen molar-refractivity contribution in [3.05, 3.63) is 17.7 Å². The number of amides is 1. The molecule has 0 aromatic heterocycles. The molecule has 1 aliphatic heterocycles. The molecule has 1 spiro atoms. The average Bonchev–Trinajstić information content (AvgIpc) is 3.54. The van der Waals surface area contributed by atoms with Crippen LogP contribution >= 0.6 is 0 Å². The molecule has 1 atom stereocenters. The second-order valence-electron chi connectivity index (χ2n) is 11.6. The van der Waals surface area contributed by atoms with Crippen LogP contribution in [0.3, 0.4) is 0 Å². The van der Waals surface area contributed by atoms with Gasteiger partial charge in [0.2, 0.25) is 0 Å². The molecule has 208 valence electrons. The Hall–Kier alpha value is -2.11. The third kappa shape index (κ3) is 7.26. The van der Waals surface area contributed by atoms with E-state index in [2.05, 4.69) is 13.8 Å². The van der Waals surface area contributed by atoms with Crippen LogP contribution in [0.5, 0.6) is 11.5 Å². The molecule has 4 rings (SSSR count). The first-order valence-corrected chi connectivity index (χ1v) is 15.3. The van der Waals surface area contributed by atoms with Crippen LogP contribution in [0.15, 0.2) is 12.1 Å². The van der Waals surface area contributed by atoms with Gasteiger partial charge < -0.3 is 24.8 Å². The number of ether oxygens (including phenoxy) is 3. The van der Waals surface area contributed by atoms with Crippen molar-refractivity contribution in [1.82, 2.24) is 4.90 Å². The number of anilines is 1. The van der Waals surface area contributed by atoms with E-state index < -0.39 is 5.79 Å². The van der Waals surface area contributed by atoms with Crippen LogP contribution in [-0.4, -0.2) is 29.9 Å². The maximum absolute atomic E-state index is 13.6. The van der Waals surface area contributed by atoms with Gasteiger partial charge in [-0.3, -0.25) is 0 Å². The van der Waals surface area contributed by atoms with E-state index in [1.54, 1.807) is 0 Å². The van der Waals surface area contributed by atoms with Crippen molar-refractivity contribution in [2.75, 3.05) is 18.8 Å². The smallest absolute Gasteiger partial charge is 0.410 e. The molecule has 1 amide bonds. The lowest BCUT2D eigenvalue weighted by Crippen LogP contribution is -2.40. The van der Waals surface area contributed by atoms with Gasteiger partial charge in [0.25, 0.3) is 5.79 Å². The number of carbonyl (C=O) groups is 1. The van der Waals surface area contributed by atoms with Crippen LogP contribution < -0.4 is 15.2 Å². The molecule has 0 bridgehead atoms. The summed E-state index contributed by atoms with van der Waals surface area (Å²) in [5.41, 5.74) is 8.14. The van der Waals surface area contributed by atoms with E-state index in [4.69, 9.17) is 19.9 Å². The normalized spacial score (nSPS) is 19.3. The number of nitrogen functional groups attached to an aromatic ring is 1. The fourth-order valence-corrected chi connectivity index (χ4v) is 6.32. The van der Waals surface area contributed by atoms with Gasteiger partial charge in [0.15, 0.2) is 11.5 Å². The molecular formula is C31H50N2O4. The third-order valence-corrected chi connectivity index (χ3v) is 8.54. The molecule has 6 nitrogen and oxygen atoms in total. The maximum Gasteiger partial charge on any atom is 0.410 e. The van der Waals surface area contributed by atoms with Crippen LogP contribution in [0.4, 0.5) is 10.5 Å². The molecule has 1 aromatic rings. The monoisotopic (exact) mass is 514 g/mol. The third-order valence-electron chi connectivity index (χ3n) is 8.54. The fraction of sp³-hybridized carbons (Fsp3) is 0.774. The predicted molar refractivity (Wildman–Crippen MR) is 149 cm³/mol. The van der Waals surface area contributed by atoms with Gasteiger partial charge in [-0.15, -0.1) is 0 Å². The summed E-state index contributed by atoms with van der Waals surface area (Å²) in [4.78, 5) is 15.6. The molecule has 0 radical (unpaired) electrons. The highest BCUT2D eigenvalue weighted by Crippen LogP contribution is 2.50. The molecule has 2 N–H and O–H groups in total. The van der Waals surface area contributed by atoms with Gasteiger partial charge in [0.05, 0.1) is 0 Å². The number of benzene rings is 1. The Balaban J connectivity index is 1.50. The largest absolute Gasteiger partial charge is 0.448 e. The molecule has 2 fully saturated rings. The minimum atomic E-state index is -0.543. The number of hydrogen-bond donors (Lipinski definition) is 1. The summed E-state index contributed by atoms with van der Waals surface area (Å²) in [5.74, 6) is 1.23. The van der Waals surface area contributed by atoms with Gasteiger partial charge in [0, 0.05) is 49.2 Å². The van der Waals surface area contributed by atoms with E-state index in [0.717, 1.165) is 94.4 Å². The van der Waals surface area contributed by atoms with Crippen LogP contribution in [-0.2, 0) is 4.74 Å². The van der Waals surface area contributed by atoms with E-state index in [0.29, 0.717) is 5.69 Å². The van der Waals surface area contributed by atoms with Gasteiger partial charge >= 0.3 is 6.09 Å². The molecule has 1 unspecified atom stereocenters. The lowest BCUT2D eigenvalue weighted by Gasteiger charge is -2.31. The van der Waals surface area contributed by atoms with Gasteiger partial charge in [-0.05, 0) is 44.6 Å². The minimum absolute atomic E-state index is 0.189. The van der Waals surface area contributed by atoms with Crippen LogP contribution in [0.1, 0.15) is 135 Å². The van der Waals surface area contributed by atoms with E-state index in [-0.39, 0.29) is 18.1 Å². The predicted octanol–water partition coefficient (Wildman–Crippen LogP) is 8.53. The quantitative estimate of drug-likeness (QED) is 0.211. The molecular weight excluding hydrogens is 464 g/mol. The first-order chi connectivity index (χ1) is 18.0. The van der Waals surface area contributed by atoms with Crippen molar-refractivity contribution < 1.29 is 19.0 Å². The molecule has 37 heavy (non-hydrogen) atoms. The highest BCUT2D eigenvalue weighted by molar-refractivity contribution is 5.69. The van der Waals surface area contributed by atoms with E-state index >= 15 is 0 Å². The number of fused-ring (bicyclic) bond motifs is 1. The van der Waals surface area contributed by atoms with Crippen molar-refractivity contribution in [1.29, 1.82) is 0 Å². The Bertz CT molecular complexity index is 849. The van der Waals surface area contributed by atoms with Gasteiger partial charge in [-0.2, -0.15) is 0 Å². The van der Waals surface area contributed by atoms with E-state index in [1.165, 1.54) is 44.9 Å². The van der Waals surface area contributed by atoms with E-state index in [1.807, 2.05) is 17.0 Å². The topological polar surface area (TPSA) is 74.0 Å². The van der Waals surface area contributed by atoms with Crippen LogP contribution in [0, 0.1) is 5.92 Å². The molecule has 6 heteroatoms. The average molecular weight is 515 g/mol. The van der Waals surface area contributed by atoms with Crippen molar-refractivity contribution in [2.45, 2.75) is 135 Å². The highest BCUT2D eigenvalue weighted by Gasteiger charge is 2.43. The van der Waals surface area contributed by atoms with Crippen molar-refractivity contribution in [3.63, 3.8) is 0 Å². The minimum Gasteiger partial charge on any atom is -0.448 e. The molecule has 3 aliphatic rings. The Kier molecular flexibility index (Phi) is 10.3. The summed E-state index contributed by atoms with van der Waals surface area (Å²) >= 11 is 0. The van der Waals surface area contributed by atoms with Crippen molar-refractivity contribution >= 4 is 11.8 Å². The van der Waals surface area contributed by atoms with E-state index in [9.17, 15) is 4.79 Å². The number of carbonyl (C=O) groups excluding carboxylic acids is 1. The number of rotatable bonds is 13. The Labute approximate surface area is 224 Å². The lowest BCUT2D eigenvalue weighted by atomic mass is 9.92. The van der Waals surface area contributed by atoms with Crippen LogP contribution in [0.25, 0.3) is 0 Å². The molecule has 2 saturated carbocycles. The Morgan fingerprint density at radius 1 is 0.919 bits per heavy atom. The lowest BCUT2D eigenvalue weighted by molar-refractivity contribution is -0.105. The summed E-state index contributed by atoms with van der Waals surface area (Å²) < 4.78 is 19.1. The zero-order valence-corrected chi connectivity index (χ0v) is 23.4. The zero-order chi connectivity index (χ0) is 26.1. The summed E-state index contributed by atoms with van der Waals surface area (Å²) in [5, 5.41) is 0. The maximum atomic E-state index is 13.6. The molecule has 1 heterocycles. The summed E-state index contributed by atoms with van der Waals surface area (Å²) in [7, 11) is 0. The summed E-state index contributed by atoms with van der Waals surface area (Å²) in [6.07, 6.45) is 18.3. The SMILES string of the molecule is CCCCCCN(CCCCCC)C(=O)OC(c1cc2c(cc1N)OC1(CCCCC1)O2)C1CCCC1. The van der Waals surface area contributed by atoms with Gasteiger partial charge in [0.1, 0.15) is 6.10 Å². The highest BCUT2D eigenvalue weighted by atomic mass is 16.7. The molecule has 1 aromatic carbocycles. The van der Waals surface area contributed by atoms with Crippen molar-refractivity contribution in [3.8, 4) is 11.5 Å². The second kappa shape index (κ2) is 13.6. The van der Waals surface area contributed by atoms with Crippen molar-refractivity contribution in [2.24, 2.45) is 5.92 Å².